The van der Waals surface area contributed by atoms with Gasteiger partial charge in [-0.25, -0.2) is 9.29 Å². The van der Waals surface area contributed by atoms with Crippen molar-refractivity contribution >= 4 is 23.4 Å². The maximum atomic E-state index is 13.5. The lowest BCUT2D eigenvalue weighted by Crippen LogP contribution is -2.45. The fourth-order valence-corrected chi connectivity index (χ4v) is 4.04. The van der Waals surface area contributed by atoms with Crippen molar-refractivity contribution in [2.45, 2.75) is 32.9 Å². The SMILES string of the molecule is CCOc1ccc(N2C(=O)CC(N(Cc3ccc(F)cc3)C(=O)c3cccc(C)c3)C2=O)cc1. The Morgan fingerprint density at radius 2 is 1.76 bits per heavy atom. The number of carbonyl (C=O) groups excluding carboxylic acids is 3. The number of nitrogens with zero attached hydrogens (tertiary/aromatic N) is 2. The maximum absolute atomic E-state index is 13.5. The van der Waals surface area contributed by atoms with Crippen molar-refractivity contribution < 1.29 is 23.5 Å². The van der Waals surface area contributed by atoms with E-state index in [-0.39, 0.29) is 24.8 Å². The summed E-state index contributed by atoms with van der Waals surface area (Å²) in [4.78, 5) is 42.4. The first-order valence-corrected chi connectivity index (χ1v) is 11.1. The molecule has 0 aliphatic carbocycles. The first-order valence-electron chi connectivity index (χ1n) is 11.1. The Bertz CT molecular complexity index is 1210. The highest BCUT2D eigenvalue weighted by Crippen LogP contribution is 2.29. The smallest absolute Gasteiger partial charge is 0.257 e. The summed E-state index contributed by atoms with van der Waals surface area (Å²) in [6.45, 7) is 4.31. The van der Waals surface area contributed by atoms with Crippen LogP contribution >= 0.6 is 0 Å². The van der Waals surface area contributed by atoms with Crippen molar-refractivity contribution in [3.05, 3.63) is 95.3 Å². The molecule has 1 heterocycles. The van der Waals surface area contributed by atoms with E-state index in [9.17, 15) is 18.8 Å². The first kappa shape index (κ1) is 23.2. The van der Waals surface area contributed by atoms with E-state index in [0.717, 1.165) is 10.5 Å². The number of benzene rings is 3. The third-order valence-corrected chi connectivity index (χ3v) is 5.70. The summed E-state index contributed by atoms with van der Waals surface area (Å²) in [5, 5.41) is 0. The largest absolute Gasteiger partial charge is 0.494 e. The van der Waals surface area contributed by atoms with Crippen LogP contribution in [-0.4, -0.2) is 35.3 Å². The quantitative estimate of drug-likeness (QED) is 0.487. The van der Waals surface area contributed by atoms with Gasteiger partial charge in [-0.1, -0.05) is 29.8 Å². The number of ether oxygens (including phenoxy) is 1. The molecular formula is C27H25FN2O4. The van der Waals surface area contributed by atoms with Gasteiger partial charge in [-0.3, -0.25) is 14.4 Å². The van der Waals surface area contributed by atoms with E-state index in [2.05, 4.69) is 0 Å². The van der Waals surface area contributed by atoms with Crippen LogP contribution in [0, 0.1) is 12.7 Å². The van der Waals surface area contributed by atoms with E-state index in [1.54, 1.807) is 54.6 Å². The number of imide groups is 1. The standard InChI is InChI=1S/C27H25FN2O4/c1-3-34-23-13-11-22(12-14-23)30-25(31)16-24(27(30)33)29(17-19-7-9-21(28)10-8-19)26(32)20-6-4-5-18(2)15-20/h4-15,24H,3,16-17H2,1-2H3. The molecule has 0 N–H and O–H groups in total. The van der Waals surface area contributed by atoms with Crippen LogP contribution in [0.4, 0.5) is 10.1 Å². The maximum Gasteiger partial charge on any atom is 0.257 e. The zero-order chi connectivity index (χ0) is 24.2. The average Bonchev–Trinajstić information content (AvgIpc) is 3.12. The van der Waals surface area contributed by atoms with Crippen molar-refractivity contribution in [3.63, 3.8) is 0 Å². The summed E-state index contributed by atoms with van der Waals surface area (Å²) in [7, 11) is 0. The van der Waals surface area contributed by atoms with Crippen LogP contribution in [0.15, 0.2) is 72.8 Å². The minimum Gasteiger partial charge on any atom is -0.494 e. The third kappa shape index (κ3) is 4.83. The Morgan fingerprint density at radius 1 is 1.06 bits per heavy atom. The Balaban J connectivity index is 1.66. The van der Waals surface area contributed by atoms with Gasteiger partial charge in [0.25, 0.3) is 11.8 Å². The number of carbonyl (C=O) groups is 3. The summed E-state index contributed by atoms with van der Waals surface area (Å²) in [6.07, 6.45) is -0.134. The minimum atomic E-state index is -0.975. The highest BCUT2D eigenvalue weighted by molar-refractivity contribution is 6.23. The van der Waals surface area contributed by atoms with Crippen LogP contribution in [0.25, 0.3) is 0 Å². The third-order valence-electron chi connectivity index (χ3n) is 5.70. The van der Waals surface area contributed by atoms with Gasteiger partial charge < -0.3 is 9.64 Å². The molecule has 1 saturated heterocycles. The molecule has 1 unspecified atom stereocenters. The summed E-state index contributed by atoms with van der Waals surface area (Å²) in [5.74, 6) is -0.992. The molecule has 1 atom stereocenters. The second-order valence-electron chi connectivity index (χ2n) is 8.14. The molecule has 0 spiro atoms. The number of amides is 3. The van der Waals surface area contributed by atoms with Gasteiger partial charge in [0.2, 0.25) is 5.91 Å². The van der Waals surface area contributed by atoms with Gasteiger partial charge in [-0.2, -0.15) is 0 Å². The van der Waals surface area contributed by atoms with Crippen molar-refractivity contribution in [1.29, 1.82) is 0 Å². The number of halogens is 1. The van der Waals surface area contributed by atoms with Gasteiger partial charge >= 0.3 is 0 Å². The molecule has 1 aliphatic rings. The molecule has 3 amide bonds. The summed E-state index contributed by atoms with van der Waals surface area (Å²) in [6, 6.07) is 18.5. The summed E-state index contributed by atoms with van der Waals surface area (Å²) < 4.78 is 18.9. The Morgan fingerprint density at radius 3 is 2.41 bits per heavy atom. The van der Waals surface area contributed by atoms with E-state index in [1.165, 1.54) is 17.0 Å². The molecule has 4 rings (SSSR count). The monoisotopic (exact) mass is 460 g/mol. The topological polar surface area (TPSA) is 66.9 Å². The van der Waals surface area contributed by atoms with Gasteiger partial charge in [-0.05, 0) is 67.9 Å². The highest BCUT2D eigenvalue weighted by Gasteiger charge is 2.44. The molecule has 6 nitrogen and oxygen atoms in total. The fraction of sp³-hybridized carbons (Fsp3) is 0.222. The van der Waals surface area contributed by atoms with Gasteiger partial charge in [-0.15, -0.1) is 0 Å². The number of hydrogen-bond acceptors (Lipinski definition) is 4. The van der Waals surface area contributed by atoms with Gasteiger partial charge in [0, 0.05) is 12.1 Å². The van der Waals surface area contributed by atoms with E-state index in [0.29, 0.717) is 29.2 Å². The Labute approximate surface area is 197 Å². The number of rotatable bonds is 7. The number of aryl methyl sites for hydroxylation is 1. The molecule has 34 heavy (non-hydrogen) atoms. The molecule has 3 aromatic rings. The lowest BCUT2D eigenvalue weighted by Gasteiger charge is -2.28. The van der Waals surface area contributed by atoms with Crippen molar-refractivity contribution in [3.8, 4) is 5.75 Å². The van der Waals surface area contributed by atoms with Crippen LogP contribution in [-0.2, 0) is 16.1 Å². The average molecular weight is 461 g/mol. The lowest BCUT2D eigenvalue weighted by molar-refractivity contribution is -0.122. The van der Waals surface area contributed by atoms with Crippen molar-refractivity contribution in [2.24, 2.45) is 0 Å². The minimum absolute atomic E-state index is 0.0634. The van der Waals surface area contributed by atoms with Crippen LogP contribution in [0.3, 0.4) is 0 Å². The van der Waals surface area contributed by atoms with Crippen molar-refractivity contribution in [2.75, 3.05) is 11.5 Å². The number of hydrogen-bond donors (Lipinski definition) is 0. The zero-order valence-electron chi connectivity index (χ0n) is 19.0. The highest BCUT2D eigenvalue weighted by atomic mass is 19.1. The number of anilines is 1. The van der Waals surface area contributed by atoms with Crippen LogP contribution < -0.4 is 9.64 Å². The molecule has 0 aromatic heterocycles. The molecule has 3 aromatic carbocycles. The van der Waals surface area contributed by atoms with E-state index in [4.69, 9.17) is 4.74 Å². The molecule has 0 saturated carbocycles. The van der Waals surface area contributed by atoms with E-state index >= 15 is 0 Å². The molecule has 7 heteroatoms. The van der Waals surface area contributed by atoms with E-state index in [1.807, 2.05) is 19.9 Å². The summed E-state index contributed by atoms with van der Waals surface area (Å²) >= 11 is 0. The molecule has 0 radical (unpaired) electrons. The Hall–Kier alpha value is -4.00. The molecule has 0 bridgehead atoms. The summed E-state index contributed by atoms with van der Waals surface area (Å²) in [5.41, 5.74) is 2.40. The molecule has 1 fully saturated rings. The van der Waals surface area contributed by atoms with Crippen LogP contribution in [0.5, 0.6) is 5.75 Å². The second kappa shape index (κ2) is 9.87. The zero-order valence-corrected chi connectivity index (χ0v) is 19.0. The van der Waals surface area contributed by atoms with E-state index < -0.39 is 17.8 Å². The first-order chi connectivity index (χ1) is 16.4. The van der Waals surface area contributed by atoms with Crippen LogP contribution in [0.1, 0.15) is 34.8 Å². The predicted octanol–water partition coefficient (Wildman–Crippen LogP) is 4.51. The Kier molecular flexibility index (Phi) is 6.72. The normalized spacial score (nSPS) is 15.5. The lowest BCUT2D eigenvalue weighted by atomic mass is 10.1. The molecular weight excluding hydrogens is 435 g/mol. The fourth-order valence-electron chi connectivity index (χ4n) is 4.04. The predicted molar refractivity (Wildman–Crippen MR) is 126 cm³/mol. The second-order valence-corrected chi connectivity index (χ2v) is 8.14. The van der Waals surface area contributed by atoms with Gasteiger partial charge in [0.05, 0.1) is 18.7 Å². The molecule has 174 valence electrons. The molecule has 1 aliphatic heterocycles. The van der Waals surface area contributed by atoms with Crippen LogP contribution in [0.2, 0.25) is 0 Å². The van der Waals surface area contributed by atoms with Crippen molar-refractivity contribution in [1.82, 2.24) is 4.90 Å². The van der Waals surface area contributed by atoms with Gasteiger partial charge in [0.15, 0.2) is 0 Å². The van der Waals surface area contributed by atoms with Gasteiger partial charge in [0.1, 0.15) is 17.6 Å².